The van der Waals surface area contributed by atoms with Crippen molar-refractivity contribution in [3.8, 4) is 0 Å². The minimum atomic E-state index is 0. The van der Waals surface area contributed by atoms with E-state index in [0.717, 1.165) is 41.7 Å². The van der Waals surface area contributed by atoms with Crippen LogP contribution in [0.4, 0.5) is 0 Å². The second-order valence-corrected chi connectivity index (χ2v) is 6.92. The number of hydrogen-bond acceptors (Lipinski definition) is 5. The van der Waals surface area contributed by atoms with E-state index in [1.807, 2.05) is 11.4 Å². The van der Waals surface area contributed by atoms with Crippen LogP contribution in [0.2, 0.25) is 0 Å². The predicted octanol–water partition coefficient (Wildman–Crippen LogP) is 2.83. The van der Waals surface area contributed by atoms with Gasteiger partial charge in [0.25, 0.3) is 0 Å². The van der Waals surface area contributed by atoms with Crippen molar-refractivity contribution in [3.05, 3.63) is 52.3 Å². The molecule has 2 heterocycles. The Hall–Kier alpha value is -1.47. The van der Waals surface area contributed by atoms with Crippen LogP contribution in [0.15, 0.2) is 30.3 Å². The van der Waals surface area contributed by atoms with Crippen molar-refractivity contribution in [1.82, 2.24) is 19.5 Å². The zero-order valence-electron chi connectivity index (χ0n) is 14.1. The average molecular weight is 366 g/mol. The summed E-state index contributed by atoms with van der Waals surface area (Å²) in [4.78, 5) is 7.99. The molecule has 7 heteroatoms. The number of halogens is 1. The number of rotatable bonds is 7. The van der Waals surface area contributed by atoms with Crippen molar-refractivity contribution in [2.24, 2.45) is 5.73 Å². The van der Waals surface area contributed by atoms with Crippen LogP contribution in [-0.4, -0.2) is 39.1 Å². The molecule has 24 heavy (non-hydrogen) atoms. The van der Waals surface area contributed by atoms with E-state index in [2.05, 4.69) is 52.2 Å². The van der Waals surface area contributed by atoms with Crippen molar-refractivity contribution in [2.45, 2.75) is 26.8 Å². The first kappa shape index (κ1) is 18.9. The lowest BCUT2D eigenvalue weighted by Gasteiger charge is -2.21. The van der Waals surface area contributed by atoms with Crippen molar-refractivity contribution in [2.75, 3.05) is 19.6 Å². The monoisotopic (exact) mass is 365 g/mol. The Balaban J connectivity index is 0.00000208. The van der Waals surface area contributed by atoms with E-state index in [1.165, 1.54) is 11.3 Å². The third-order valence-corrected chi connectivity index (χ3v) is 4.80. The topological polar surface area (TPSA) is 59.5 Å². The molecule has 3 aromatic rings. The summed E-state index contributed by atoms with van der Waals surface area (Å²) in [5, 5.41) is 5.63. The van der Waals surface area contributed by atoms with Gasteiger partial charge in [0.2, 0.25) is 4.96 Å². The highest BCUT2D eigenvalue weighted by Gasteiger charge is 2.15. The van der Waals surface area contributed by atoms with Crippen LogP contribution in [0.3, 0.4) is 0 Å². The van der Waals surface area contributed by atoms with Gasteiger partial charge in [0.1, 0.15) is 5.01 Å². The zero-order valence-corrected chi connectivity index (χ0v) is 15.7. The Morgan fingerprint density at radius 2 is 1.92 bits per heavy atom. The van der Waals surface area contributed by atoms with Crippen LogP contribution in [0.25, 0.3) is 4.96 Å². The normalized spacial score (nSPS) is 11.2. The van der Waals surface area contributed by atoms with Crippen molar-refractivity contribution in [1.29, 1.82) is 0 Å². The maximum absolute atomic E-state index is 5.80. The molecule has 0 aliphatic rings. The molecule has 0 saturated heterocycles. The van der Waals surface area contributed by atoms with E-state index in [1.54, 1.807) is 11.3 Å². The fourth-order valence-corrected chi connectivity index (χ4v) is 3.57. The molecule has 0 amide bonds. The summed E-state index contributed by atoms with van der Waals surface area (Å²) < 4.78 is 1.99. The first-order valence-corrected chi connectivity index (χ1v) is 8.77. The molecule has 0 aliphatic heterocycles. The van der Waals surface area contributed by atoms with Crippen molar-refractivity contribution < 1.29 is 0 Å². The molecule has 0 fully saturated rings. The quantitative estimate of drug-likeness (QED) is 0.699. The smallest absolute Gasteiger partial charge is 0.212 e. The van der Waals surface area contributed by atoms with Crippen LogP contribution in [0.5, 0.6) is 0 Å². The number of aromatic nitrogens is 3. The van der Waals surface area contributed by atoms with E-state index >= 15 is 0 Å². The first-order valence-electron chi connectivity index (χ1n) is 7.95. The molecule has 0 saturated carbocycles. The van der Waals surface area contributed by atoms with Gasteiger partial charge in [-0.3, -0.25) is 4.90 Å². The number of fused-ring (bicyclic) bond motifs is 1. The third kappa shape index (κ3) is 4.33. The lowest BCUT2D eigenvalue weighted by Crippen LogP contribution is -2.31. The fourth-order valence-electron chi connectivity index (χ4n) is 2.76. The molecule has 2 N–H and O–H groups in total. The van der Waals surface area contributed by atoms with E-state index in [4.69, 9.17) is 5.73 Å². The Morgan fingerprint density at radius 1 is 1.17 bits per heavy atom. The highest BCUT2D eigenvalue weighted by atomic mass is 35.5. The van der Waals surface area contributed by atoms with Gasteiger partial charge in [0.15, 0.2) is 0 Å². The Labute approximate surface area is 152 Å². The molecule has 0 spiro atoms. The summed E-state index contributed by atoms with van der Waals surface area (Å²) in [5.41, 5.74) is 9.39. The third-order valence-electron chi connectivity index (χ3n) is 3.98. The number of nitrogens with two attached hydrogens (primary N) is 1. The Kier molecular flexibility index (Phi) is 6.74. The van der Waals surface area contributed by atoms with Gasteiger partial charge in [0.05, 0.1) is 11.4 Å². The summed E-state index contributed by atoms with van der Waals surface area (Å²) in [6.45, 7) is 7.43. The van der Waals surface area contributed by atoms with Gasteiger partial charge in [-0.2, -0.15) is 5.10 Å². The van der Waals surface area contributed by atoms with Gasteiger partial charge in [-0.1, -0.05) is 41.7 Å². The second kappa shape index (κ2) is 8.58. The summed E-state index contributed by atoms with van der Waals surface area (Å²) in [7, 11) is 0. The molecule has 0 atom stereocenters. The standard InChI is InChI=1S/C17H23N5S.ClH/c1-13-16(22-17(19-13)23-14(2)20-22)12-21(11-9-18)10-8-15-6-4-3-5-7-15;/h3-7H,8-12,18H2,1-2H3;1H. The molecule has 3 rings (SSSR count). The van der Waals surface area contributed by atoms with Gasteiger partial charge >= 0.3 is 0 Å². The van der Waals surface area contributed by atoms with Crippen LogP contribution in [-0.2, 0) is 13.0 Å². The number of hydrogen-bond donors (Lipinski definition) is 1. The Morgan fingerprint density at radius 3 is 2.62 bits per heavy atom. The second-order valence-electron chi connectivity index (χ2n) is 5.76. The number of nitrogens with zero attached hydrogens (tertiary/aromatic N) is 4. The van der Waals surface area contributed by atoms with Crippen LogP contribution in [0, 0.1) is 13.8 Å². The van der Waals surface area contributed by atoms with Gasteiger partial charge in [-0.05, 0) is 25.8 Å². The molecule has 2 aromatic heterocycles. The van der Waals surface area contributed by atoms with Gasteiger partial charge in [-0.15, -0.1) is 12.4 Å². The molecule has 130 valence electrons. The minimum absolute atomic E-state index is 0. The zero-order chi connectivity index (χ0) is 16.2. The first-order chi connectivity index (χ1) is 11.2. The van der Waals surface area contributed by atoms with E-state index in [0.29, 0.717) is 6.54 Å². The summed E-state index contributed by atoms with van der Waals surface area (Å²) in [6.07, 6.45) is 1.03. The highest BCUT2D eigenvalue weighted by molar-refractivity contribution is 7.16. The summed E-state index contributed by atoms with van der Waals surface area (Å²) in [5.74, 6) is 0. The molecular formula is C17H24ClN5S. The Bertz CT molecular complexity index is 768. The van der Waals surface area contributed by atoms with Crippen LogP contribution in [0.1, 0.15) is 22.0 Å². The minimum Gasteiger partial charge on any atom is -0.329 e. The molecule has 0 radical (unpaired) electrons. The largest absolute Gasteiger partial charge is 0.329 e. The van der Waals surface area contributed by atoms with Crippen molar-refractivity contribution >= 4 is 28.7 Å². The lowest BCUT2D eigenvalue weighted by molar-refractivity contribution is 0.271. The highest BCUT2D eigenvalue weighted by Crippen LogP contribution is 2.19. The number of aryl methyl sites for hydroxylation is 2. The summed E-state index contributed by atoms with van der Waals surface area (Å²) in [6, 6.07) is 10.6. The number of benzene rings is 1. The SMILES string of the molecule is Cc1nn2c(CN(CCN)CCc3ccccc3)c(C)nc2s1.Cl. The molecule has 0 bridgehead atoms. The van der Waals surface area contributed by atoms with Gasteiger partial charge in [-0.25, -0.2) is 9.50 Å². The van der Waals surface area contributed by atoms with Crippen LogP contribution >= 0.6 is 23.7 Å². The van der Waals surface area contributed by atoms with Gasteiger partial charge < -0.3 is 5.73 Å². The number of imidazole rings is 1. The maximum atomic E-state index is 5.80. The molecule has 0 unspecified atom stereocenters. The fraction of sp³-hybridized carbons (Fsp3) is 0.412. The lowest BCUT2D eigenvalue weighted by atomic mass is 10.1. The van der Waals surface area contributed by atoms with E-state index in [-0.39, 0.29) is 12.4 Å². The predicted molar refractivity (Wildman–Crippen MR) is 102 cm³/mol. The molecule has 1 aromatic carbocycles. The maximum Gasteiger partial charge on any atom is 0.212 e. The van der Waals surface area contributed by atoms with E-state index in [9.17, 15) is 0 Å². The molecule has 5 nitrogen and oxygen atoms in total. The summed E-state index contributed by atoms with van der Waals surface area (Å²) >= 11 is 1.64. The average Bonchev–Trinajstić information content (AvgIpc) is 3.03. The van der Waals surface area contributed by atoms with Crippen LogP contribution < -0.4 is 5.73 Å². The van der Waals surface area contributed by atoms with Gasteiger partial charge in [0, 0.05) is 26.2 Å². The van der Waals surface area contributed by atoms with Crippen molar-refractivity contribution in [3.63, 3.8) is 0 Å². The molecule has 0 aliphatic carbocycles. The van der Waals surface area contributed by atoms with E-state index < -0.39 is 0 Å². The molecular weight excluding hydrogens is 342 g/mol.